The molecule has 0 saturated carbocycles. The summed E-state index contributed by atoms with van der Waals surface area (Å²) in [7, 11) is 2.66. The molecule has 17 heteroatoms. The topological polar surface area (TPSA) is 240 Å². The van der Waals surface area contributed by atoms with Crippen molar-refractivity contribution in [3.8, 4) is 5.75 Å². The number of hydrogen-bond donors (Lipinski definition) is 8. The lowest BCUT2D eigenvalue weighted by Gasteiger charge is -2.32. The number of phenols is 1. The Bertz CT molecular complexity index is 2270. The summed E-state index contributed by atoms with van der Waals surface area (Å²) in [6.07, 6.45) is 3.65. The number of amides is 7. The van der Waals surface area contributed by atoms with Crippen molar-refractivity contribution < 1.29 is 43.4 Å². The molecule has 7 atom stereocenters. The van der Waals surface area contributed by atoms with Gasteiger partial charge in [-0.2, -0.15) is 0 Å². The first-order valence-corrected chi connectivity index (χ1v) is 22.2. The van der Waals surface area contributed by atoms with Gasteiger partial charge in [0.1, 0.15) is 42.0 Å². The molecule has 3 aromatic carbocycles. The first-order chi connectivity index (χ1) is 31.2. The molecule has 0 bridgehead atoms. The number of hydrogen-bond acceptors (Lipinski definition) is 9. The Balaban J connectivity index is 1.43. The third kappa shape index (κ3) is 13.8. The van der Waals surface area contributed by atoms with Crippen molar-refractivity contribution in [2.75, 3.05) is 20.7 Å². The van der Waals surface area contributed by atoms with Crippen LogP contribution in [0.25, 0.3) is 10.9 Å². The molecule has 1 saturated heterocycles. The number of rotatable bonds is 12. The number of ether oxygens (including phenoxy) is 1. The van der Waals surface area contributed by atoms with Crippen molar-refractivity contribution in [3.05, 3.63) is 102 Å². The molecule has 8 N–H and O–H groups in total. The van der Waals surface area contributed by atoms with Gasteiger partial charge < -0.3 is 51.6 Å². The highest BCUT2D eigenvalue weighted by Gasteiger charge is 2.36. The number of esters is 1. The third-order valence-corrected chi connectivity index (χ3v) is 12.0. The number of aromatic nitrogens is 1. The monoisotopic (exact) mass is 894 g/mol. The minimum absolute atomic E-state index is 0.0648. The maximum atomic E-state index is 14.3. The lowest BCUT2D eigenvalue weighted by atomic mass is 9.96. The van der Waals surface area contributed by atoms with Gasteiger partial charge in [-0.25, -0.2) is 9.59 Å². The molecule has 17 nitrogen and oxygen atoms in total. The number of H-pyrrole nitrogens is 1. The normalized spacial score (nSPS) is 21.6. The Morgan fingerprint density at radius 2 is 1.54 bits per heavy atom. The molecule has 0 aliphatic carbocycles. The van der Waals surface area contributed by atoms with Crippen LogP contribution in [0.15, 0.2) is 85.1 Å². The van der Waals surface area contributed by atoms with Crippen LogP contribution in [0, 0.1) is 5.92 Å². The Kier molecular flexibility index (Phi) is 17.9. The van der Waals surface area contributed by atoms with E-state index in [-0.39, 0.29) is 38.0 Å². The molecular weight excluding hydrogens is 833 g/mol. The lowest BCUT2D eigenvalue weighted by molar-refractivity contribution is -0.142. The zero-order chi connectivity index (χ0) is 47.0. The molecule has 7 amide bonds. The highest BCUT2D eigenvalue weighted by molar-refractivity contribution is 5.97. The van der Waals surface area contributed by atoms with E-state index in [0.717, 1.165) is 27.6 Å². The number of aromatic amines is 1. The molecule has 348 valence electrons. The largest absolute Gasteiger partial charge is 0.508 e. The fourth-order valence-electron chi connectivity index (χ4n) is 7.70. The molecule has 1 aromatic heterocycles. The second-order valence-electron chi connectivity index (χ2n) is 16.6. The summed E-state index contributed by atoms with van der Waals surface area (Å²) in [5.74, 6) is -4.01. The summed E-state index contributed by atoms with van der Waals surface area (Å²) in [5, 5.41) is 27.5. The van der Waals surface area contributed by atoms with E-state index in [4.69, 9.17) is 4.74 Å². The summed E-state index contributed by atoms with van der Waals surface area (Å²) in [6.45, 7) is 5.34. The predicted octanol–water partition coefficient (Wildman–Crippen LogP) is 3.15. The second kappa shape index (κ2) is 23.7. The van der Waals surface area contributed by atoms with Crippen molar-refractivity contribution in [2.24, 2.45) is 5.92 Å². The van der Waals surface area contributed by atoms with Crippen LogP contribution in [0.4, 0.5) is 4.79 Å². The smallest absolute Gasteiger partial charge is 0.328 e. The van der Waals surface area contributed by atoms with E-state index in [1.165, 1.54) is 38.1 Å². The summed E-state index contributed by atoms with van der Waals surface area (Å²) in [5.41, 5.74) is 3.18. The van der Waals surface area contributed by atoms with E-state index < -0.39 is 83.7 Å². The van der Waals surface area contributed by atoms with Crippen LogP contribution in [-0.2, 0) is 52.8 Å². The van der Waals surface area contributed by atoms with Gasteiger partial charge in [0.2, 0.25) is 29.5 Å². The van der Waals surface area contributed by atoms with Crippen LogP contribution < -0.4 is 31.9 Å². The molecule has 4 unspecified atom stereocenters. The molecule has 4 aromatic rings. The van der Waals surface area contributed by atoms with Crippen molar-refractivity contribution in [2.45, 2.75) is 108 Å². The van der Waals surface area contributed by atoms with Crippen LogP contribution in [-0.4, -0.2) is 113 Å². The SMILES string of the molecule is CCC(C)C1NC(=O)C(NC(=O)N[C@@H](Cc2c[nH]c3ccccc23)C(=O)OC)CCCCNC(=O)[C@H](Cc2ccccc2)NC(=O)[C@H](C)N(C)C(=O)C(CCc2ccc(O)cc2)NC1=O. The van der Waals surface area contributed by atoms with Crippen LogP contribution >= 0.6 is 0 Å². The van der Waals surface area contributed by atoms with Gasteiger partial charge in [0.15, 0.2) is 0 Å². The lowest BCUT2D eigenvalue weighted by Crippen LogP contribution is -2.60. The molecule has 1 aliphatic heterocycles. The van der Waals surface area contributed by atoms with E-state index in [1.54, 1.807) is 25.3 Å². The molecule has 5 rings (SSSR count). The van der Waals surface area contributed by atoms with Gasteiger partial charge >= 0.3 is 12.0 Å². The molecule has 1 aliphatic rings. The fraction of sp³-hybridized carbons (Fsp3) is 0.438. The van der Waals surface area contributed by atoms with E-state index in [2.05, 4.69) is 36.9 Å². The van der Waals surface area contributed by atoms with Crippen molar-refractivity contribution in [1.29, 1.82) is 0 Å². The molecule has 0 radical (unpaired) electrons. The Morgan fingerprint density at radius 1 is 0.846 bits per heavy atom. The first kappa shape index (κ1) is 49.1. The minimum Gasteiger partial charge on any atom is -0.508 e. The summed E-state index contributed by atoms with van der Waals surface area (Å²) in [6, 6.07) is 15.6. The number of nitrogens with zero attached hydrogens (tertiary/aromatic N) is 1. The predicted molar refractivity (Wildman–Crippen MR) is 244 cm³/mol. The molecule has 1 fully saturated rings. The standard InChI is InChI=1S/C48H62N8O9/c1-6-29(2)41-45(61)51-38(24-21-31-19-22-34(57)23-20-31)46(62)56(4)30(3)42(58)52-39(26-32-14-8-7-9-15-32)43(59)49-25-13-12-18-37(44(60)55-41)53-48(64)54-40(47(63)65-5)27-33-28-50-36-17-11-10-16-35(33)36/h7-11,14-17,19-20,22-23,28-30,37-41,50,57H,6,12-13,18,21,24-27H2,1-5H3,(H,49,59)(H,51,61)(H,52,58)(H,55,60)(H2,53,54,64)/t29?,30-,37?,38?,39-,40-,41?/m0/s1. The van der Waals surface area contributed by atoms with Crippen LogP contribution in [0.1, 0.15) is 69.6 Å². The Hall–Kier alpha value is -6.91. The number of aryl methyl sites for hydroxylation is 1. The van der Waals surface area contributed by atoms with E-state index in [1.807, 2.05) is 61.5 Å². The number of para-hydroxylation sites is 1. The van der Waals surface area contributed by atoms with E-state index in [0.29, 0.717) is 25.7 Å². The summed E-state index contributed by atoms with van der Waals surface area (Å²) < 4.78 is 5.03. The van der Waals surface area contributed by atoms with Crippen LogP contribution in [0.5, 0.6) is 5.75 Å². The summed E-state index contributed by atoms with van der Waals surface area (Å²) in [4.78, 5) is 102. The average molecular weight is 895 g/mol. The number of phenolic OH excluding ortho intramolecular Hbond substituents is 1. The number of benzene rings is 3. The molecule has 2 heterocycles. The maximum absolute atomic E-state index is 14.3. The average Bonchev–Trinajstić information content (AvgIpc) is 3.72. The molecule has 0 spiro atoms. The molecule has 65 heavy (non-hydrogen) atoms. The van der Waals surface area contributed by atoms with E-state index >= 15 is 0 Å². The van der Waals surface area contributed by atoms with Gasteiger partial charge in [-0.15, -0.1) is 0 Å². The van der Waals surface area contributed by atoms with Crippen molar-refractivity contribution in [3.63, 3.8) is 0 Å². The fourth-order valence-corrected chi connectivity index (χ4v) is 7.70. The van der Waals surface area contributed by atoms with Crippen molar-refractivity contribution >= 4 is 52.4 Å². The molecular formula is C48H62N8O9. The van der Waals surface area contributed by atoms with Gasteiger partial charge in [-0.1, -0.05) is 80.9 Å². The number of aromatic hydroxyl groups is 1. The highest BCUT2D eigenvalue weighted by atomic mass is 16.5. The second-order valence-corrected chi connectivity index (χ2v) is 16.6. The number of nitrogens with one attached hydrogen (secondary N) is 7. The number of methoxy groups -OCH3 is 1. The minimum atomic E-state index is -1.21. The van der Waals surface area contributed by atoms with Gasteiger partial charge in [-0.3, -0.25) is 24.0 Å². The van der Waals surface area contributed by atoms with Crippen molar-refractivity contribution in [1.82, 2.24) is 41.8 Å². The quantitative estimate of drug-likeness (QED) is 0.0974. The van der Waals surface area contributed by atoms with E-state index in [9.17, 15) is 38.7 Å². The maximum Gasteiger partial charge on any atom is 0.328 e. The van der Waals surface area contributed by atoms with Crippen LogP contribution in [0.2, 0.25) is 0 Å². The zero-order valence-corrected chi connectivity index (χ0v) is 37.6. The van der Waals surface area contributed by atoms with Gasteiger partial charge in [0.05, 0.1) is 7.11 Å². The number of carbonyl (C=O) groups excluding carboxylic acids is 7. The van der Waals surface area contributed by atoms with Gasteiger partial charge in [0.25, 0.3) is 0 Å². The number of carbonyl (C=O) groups is 7. The van der Waals surface area contributed by atoms with Gasteiger partial charge in [-0.05, 0) is 79.8 Å². The number of fused-ring (bicyclic) bond motifs is 1. The zero-order valence-electron chi connectivity index (χ0n) is 37.6. The number of urea groups is 1. The Labute approximate surface area is 379 Å². The summed E-state index contributed by atoms with van der Waals surface area (Å²) >= 11 is 0. The first-order valence-electron chi connectivity index (χ1n) is 22.2. The highest BCUT2D eigenvalue weighted by Crippen LogP contribution is 2.20. The third-order valence-electron chi connectivity index (χ3n) is 12.0. The Morgan fingerprint density at radius 3 is 2.25 bits per heavy atom. The van der Waals surface area contributed by atoms with Gasteiger partial charge in [0, 0.05) is 43.5 Å². The van der Waals surface area contributed by atoms with Crippen LogP contribution in [0.3, 0.4) is 0 Å². The number of likely N-dealkylation sites (N-methyl/N-ethyl adjacent to an activating group) is 1.